The van der Waals surface area contributed by atoms with Gasteiger partial charge in [-0.25, -0.2) is 0 Å². The Hall–Kier alpha value is -1.02. The normalized spacial score (nSPS) is 11.8. The number of carbonyl (C=O) groups excluding carboxylic acids is 1. The molecule has 7 heteroatoms. The Morgan fingerprint density at radius 2 is 2.14 bits per heavy atom. The number of hydrogen-bond acceptors (Lipinski definition) is 3. The SMILES string of the molecule is COc1cc(I)c(Cl)cc1C(=O)NC(C)CCCC(=O)O. The van der Waals surface area contributed by atoms with Gasteiger partial charge in [0.15, 0.2) is 0 Å². The molecule has 2 N–H and O–H groups in total. The van der Waals surface area contributed by atoms with E-state index in [4.69, 9.17) is 21.4 Å². The average molecular weight is 426 g/mol. The van der Waals surface area contributed by atoms with Gasteiger partial charge in [0, 0.05) is 16.0 Å². The summed E-state index contributed by atoms with van der Waals surface area (Å²) in [6, 6.07) is 3.15. The van der Waals surface area contributed by atoms with Crippen LogP contribution in [0.3, 0.4) is 0 Å². The number of carbonyl (C=O) groups is 2. The van der Waals surface area contributed by atoms with Gasteiger partial charge < -0.3 is 15.2 Å². The second-order valence-electron chi connectivity index (χ2n) is 4.63. The second kappa shape index (κ2) is 8.43. The number of hydrogen-bond donors (Lipinski definition) is 2. The van der Waals surface area contributed by atoms with Crippen molar-refractivity contribution in [3.05, 3.63) is 26.3 Å². The van der Waals surface area contributed by atoms with Gasteiger partial charge in [0.25, 0.3) is 5.91 Å². The zero-order chi connectivity index (χ0) is 16.0. The number of methoxy groups -OCH3 is 1. The van der Waals surface area contributed by atoms with Crippen molar-refractivity contribution in [2.75, 3.05) is 7.11 Å². The molecule has 1 aromatic carbocycles. The zero-order valence-corrected chi connectivity index (χ0v) is 14.7. The van der Waals surface area contributed by atoms with Gasteiger partial charge in [0.05, 0.1) is 17.7 Å². The van der Waals surface area contributed by atoms with E-state index in [0.29, 0.717) is 29.2 Å². The Bertz CT molecular complexity index is 536. The first kappa shape index (κ1) is 18.0. The molecule has 1 amide bonds. The van der Waals surface area contributed by atoms with Crippen LogP contribution in [0.15, 0.2) is 12.1 Å². The molecule has 0 aromatic heterocycles. The van der Waals surface area contributed by atoms with Crippen LogP contribution in [-0.4, -0.2) is 30.1 Å². The molecule has 1 rings (SSSR count). The molecule has 21 heavy (non-hydrogen) atoms. The highest BCUT2D eigenvalue weighted by molar-refractivity contribution is 14.1. The largest absolute Gasteiger partial charge is 0.496 e. The van der Waals surface area contributed by atoms with Crippen molar-refractivity contribution in [1.29, 1.82) is 0 Å². The van der Waals surface area contributed by atoms with Gasteiger partial charge in [-0.3, -0.25) is 9.59 Å². The molecule has 0 fully saturated rings. The van der Waals surface area contributed by atoms with Gasteiger partial charge in [-0.1, -0.05) is 11.6 Å². The lowest BCUT2D eigenvalue weighted by Crippen LogP contribution is -2.32. The van der Waals surface area contributed by atoms with Crippen molar-refractivity contribution in [2.45, 2.75) is 32.2 Å². The van der Waals surface area contributed by atoms with Crippen molar-refractivity contribution >= 4 is 46.1 Å². The fourth-order valence-corrected chi connectivity index (χ4v) is 2.41. The first-order valence-electron chi connectivity index (χ1n) is 6.40. The minimum atomic E-state index is -0.834. The molecule has 1 unspecified atom stereocenters. The number of benzene rings is 1. The molecule has 0 saturated carbocycles. The van der Waals surface area contributed by atoms with Gasteiger partial charge >= 0.3 is 5.97 Å². The van der Waals surface area contributed by atoms with E-state index in [1.54, 1.807) is 12.1 Å². The fourth-order valence-electron chi connectivity index (χ4n) is 1.81. The Morgan fingerprint density at radius 1 is 1.48 bits per heavy atom. The molecular weight excluding hydrogens is 409 g/mol. The lowest BCUT2D eigenvalue weighted by atomic mass is 10.1. The molecule has 0 heterocycles. The van der Waals surface area contributed by atoms with Crippen LogP contribution in [0.2, 0.25) is 5.02 Å². The molecule has 5 nitrogen and oxygen atoms in total. The van der Waals surface area contributed by atoms with Crippen molar-refractivity contribution < 1.29 is 19.4 Å². The topological polar surface area (TPSA) is 75.6 Å². The molecule has 0 aliphatic rings. The van der Waals surface area contributed by atoms with E-state index >= 15 is 0 Å². The summed E-state index contributed by atoms with van der Waals surface area (Å²) in [6.45, 7) is 1.83. The lowest BCUT2D eigenvalue weighted by molar-refractivity contribution is -0.137. The summed E-state index contributed by atoms with van der Waals surface area (Å²) < 4.78 is 6.00. The van der Waals surface area contributed by atoms with Crippen LogP contribution in [0.4, 0.5) is 0 Å². The molecule has 0 saturated heterocycles. The highest BCUT2D eigenvalue weighted by Gasteiger charge is 2.17. The monoisotopic (exact) mass is 425 g/mol. The predicted molar refractivity (Wildman–Crippen MR) is 89.1 cm³/mol. The summed E-state index contributed by atoms with van der Waals surface area (Å²) in [5.41, 5.74) is 0.369. The maximum absolute atomic E-state index is 12.2. The van der Waals surface area contributed by atoms with Crippen molar-refractivity contribution in [3.8, 4) is 5.75 Å². The van der Waals surface area contributed by atoms with Gasteiger partial charge in [-0.05, 0) is 54.5 Å². The number of carboxylic acids is 1. The van der Waals surface area contributed by atoms with Gasteiger partial charge in [0.1, 0.15) is 5.75 Å². The summed E-state index contributed by atoms with van der Waals surface area (Å²) in [6.07, 6.45) is 1.21. The Balaban J connectivity index is 2.71. The summed E-state index contributed by atoms with van der Waals surface area (Å²) in [5.74, 6) is -0.661. The molecular formula is C14H17ClINO4. The molecule has 0 radical (unpaired) electrons. The maximum atomic E-state index is 12.2. The first-order chi connectivity index (χ1) is 9.85. The van der Waals surface area contributed by atoms with E-state index in [0.717, 1.165) is 3.57 Å². The Labute approximate surface area is 142 Å². The van der Waals surface area contributed by atoms with E-state index in [-0.39, 0.29) is 18.4 Å². The summed E-state index contributed by atoms with van der Waals surface area (Å²) in [7, 11) is 1.49. The number of nitrogens with one attached hydrogen (secondary N) is 1. The third kappa shape index (κ3) is 5.70. The standard InChI is InChI=1S/C14H17ClINO4/c1-8(4-3-5-13(18)19)17-14(20)9-6-10(15)11(16)7-12(9)21-2/h6-8H,3-5H2,1-2H3,(H,17,20)(H,18,19). The summed E-state index contributed by atoms with van der Waals surface area (Å²) in [5, 5.41) is 11.9. The van der Waals surface area contributed by atoms with Crippen LogP contribution in [-0.2, 0) is 4.79 Å². The quantitative estimate of drug-likeness (QED) is 0.657. The molecule has 0 bridgehead atoms. The molecule has 1 aromatic rings. The fraction of sp³-hybridized carbons (Fsp3) is 0.429. The van der Waals surface area contributed by atoms with E-state index < -0.39 is 5.97 Å². The molecule has 116 valence electrons. The Morgan fingerprint density at radius 3 is 2.71 bits per heavy atom. The third-order valence-corrected chi connectivity index (χ3v) is 4.42. The van der Waals surface area contributed by atoms with Crippen molar-refractivity contribution in [3.63, 3.8) is 0 Å². The van der Waals surface area contributed by atoms with Crippen LogP contribution >= 0.6 is 34.2 Å². The second-order valence-corrected chi connectivity index (χ2v) is 6.20. The minimum Gasteiger partial charge on any atom is -0.496 e. The van der Waals surface area contributed by atoms with Gasteiger partial charge in [-0.15, -0.1) is 0 Å². The van der Waals surface area contributed by atoms with Crippen LogP contribution in [0.25, 0.3) is 0 Å². The van der Waals surface area contributed by atoms with Crippen LogP contribution in [0, 0.1) is 3.57 Å². The van der Waals surface area contributed by atoms with Crippen molar-refractivity contribution in [1.82, 2.24) is 5.32 Å². The third-order valence-electron chi connectivity index (χ3n) is 2.89. The highest BCUT2D eigenvalue weighted by atomic mass is 127. The number of aliphatic carboxylic acids is 1. The average Bonchev–Trinajstić information content (AvgIpc) is 2.40. The number of rotatable bonds is 7. The number of amides is 1. The van der Waals surface area contributed by atoms with E-state index in [2.05, 4.69) is 27.9 Å². The highest BCUT2D eigenvalue weighted by Crippen LogP contribution is 2.28. The smallest absolute Gasteiger partial charge is 0.303 e. The van der Waals surface area contributed by atoms with E-state index in [9.17, 15) is 9.59 Å². The summed E-state index contributed by atoms with van der Waals surface area (Å²) >= 11 is 8.10. The van der Waals surface area contributed by atoms with E-state index in [1.807, 2.05) is 6.92 Å². The number of halogens is 2. The summed E-state index contributed by atoms with van der Waals surface area (Å²) in [4.78, 5) is 22.7. The van der Waals surface area contributed by atoms with Gasteiger partial charge in [0.2, 0.25) is 0 Å². The Kier molecular flexibility index (Phi) is 7.24. The first-order valence-corrected chi connectivity index (χ1v) is 7.86. The van der Waals surface area contributed by atoms with Crippen LogP contribution in [0.1, 0.15) is 36.5 Å². The molecule has 0 aliphatic heterocycles. The number of carboxylic acid groups (broad SMARTS) is 1. The van der Waals surface area contributed by atoms with Crippen LogP contribution < -0.4 is 10.1 Å². The molecule has 0 aliphatic carbocycles. The van der Waals surface area contributed by atoms with Gasteiger partial charge in [-0.2, -0.15) is 0 Å². The lowest BCUT2D eigenvalue weighted by Gasteiger charge is -2.15. The predicted octanol–water partition coefficient (Wildman–Crippen LogP) is 3.33. The molecule has 1 atom stereocenters. The molecule has 0 spiro atoms. The maximum Gasteiger partial charge on any atom is 0.303 e. The van der Waals surface area contributed by atoms with Crippen LogP contribution in [0.5, 0.6) is 5.75 Å². The van der Waals surface area contributed by atoms with Crippen molar-refractivity contribution in [2.24, 2.45) is 0 Å². The minimum absolute atomic E-state index is 0.0961. The zero-order valence-electron chi connectivity index (χ0n) is 11.8. The number of ether oxygens (including phenoxy) is 1. The van der Waals surface area contributed by atoms with E-state index in [1.165, 1.54) is 7.11 Å².